The van der Waals surface area contributed by atoms with Gasteiger partial charge in [0.25, 0.3) is 0 Å². The molecule has 0 fully saturated rings. The molecule has 0 radical (unpaired) electrons. The fourth-order valence-electron chi connectivity index (χ4n) is 2.45. The quantitative estimate of drug-likeness (QED) is 0.745. The molecule has 0 bridgehead atoms. The fraction of sp³-hybridized carbons (Fsp3) is 0.625. The van der Waals surface area contributed by atoms with Crippen LogP contribution in [0.25, 0.3) is 0 Å². The average molecular weight is 250 g/mol. The van der Waals surface area contributed by atoms with Crippen LogP contribution in [0.15, 0.2) is 12.1 Å². The molecular weight excluding hydrogens is 224 g/mol. The standard InChI is InChI=1S/C16H26O2/c1-5-6-7-8-18-11-15(17)16-13(3)9-12(2)10-14(16)4/h9-10,15,17H,5-8,11H2,1-4H3. The Morgan fingerprint density at radius 2 is 1.72 bits per heavy atom. The number of rotatable bonds is 7. The van der Waals surface area contributed by atoms with Gasteiger partial charge >= 0.3 is 0 Å². The van der Waals surface area contributed by atoms with Gasteiger partial charge < -0.3 is 9.84 Å². The van der Waals surface area contributed by atoms with E-state index in [0.717, 1.165) is 29.7 Å². The average Bonchev–Trinajstić information content (AvgIpc) is 2.27. The SMILES string of the molecule is CCCCCOCC(O)c1c(C)cc(C)cc1C. The van der Waals surface area contributed by atoms with Crippen LogP contribution in [0.3, 0.4) is 0 Å². The molecule has 1 N–H and O–H groups in total. The zero-order chi connectivity index (χ0) is 13.5. The highest BCUT2D eigenvalue weighted by Crippen LogP contribution is 2.23. The molecule has 0 aliphatic heterocycles. The van der Waals surface area contributed by atoms with Crippen molar-refractivity contribution in [3.05, 3.63) is 34.4 Å². The Hall–Kier alpha value is -0.860. The lowest BCUT2D eigenvalue weighted by molar-refractivity contribution is 0.0339. The summed E-state index contributed by atoms with van der Waals surface area (Å²) in [7, 11) is 0. The number of benzene rings is 1. The Bertz CT molecular complexity index is 348. The van der Waals surface area contributed by atoms with E-state index in [1.54, 1.807) is 0 Å². The topological polar surface area (TPSA) is 29.5 Å². The number of ether oxygens (including phenoxy) is 1. The van der Waals surface area contributed by atoms with Crippen molar-refractivity contribution < 1.29 is 9.84 Å². The Morgan fingerprint density at radius 3 is 2.28 bits per heavy atom. The summed E-state index contributed by atoms with van der Waals surface area (Å²) in [6.07, 6.45) is 2.96. The molecule has 1 aromatic carbocycles. The number of aliphatic hydroxyl groups is 1. The molecule has 0 saturated carbocycles. The van der Waals surface area contributed by atoms with Crippen molar-refractivity contribution in [1.29, 1.82) is 0 Å². The Balaban J connectivity index is 2.53. The zero-order valence-corrected chi connectivity index (χ0v) is 12.1. The van der Waals surface area contributed by atoms with Crippen LogP contribution >= 0.6 is 0 Å². The molecule has 1 rings (SSSR count). The second-order valence-corrected chi connectivity index (χ2v) is 5.11. The summed E-state index contributed by atoms with van der Waals surface area (Å²) in [5.41, 5.74) is 4.57. The minimum absolute atomic E-state index is 0.397. The summed E-state index contributed by atoms with van der Waals surface area (Å²) in [5, 5.41) is 10.2. The Morgan fingerprint density at radius 1 is 1.11 bits per heavy atom. The molecule has 1 unspecified atom stereocenters. The largest absolute Gasteiger partial charge is 0.386 e. The first-order valence-electron chi connectivity index (χ1n) is 6.89. The molecule has 0 amide bonds. The number of hydrogen-bond donors (Lipinski definition) is 1. The van der Waals surface area contributed by atoms with Gasteiger partial charge in [0.2, 0.25) is 0 Å². The first-order chi connectivity index (χ1) is 8.56. The lowest BCUT2D eigenvalue weighted by Gasteiger charge is -2.17. The van der Waals surface area contributed by atoms with Crippen LogP contribution in [0.1, 0.15) is 54.5 Å². The van der Waals surface area contributed by atoms with Gasteiger partial charge in [0.1, 0.15) is 6.10 Å². The maximum atomic E-state index is 10.2. The van der Waals surface area contributed by atoms with E-state index in [-0.39, 0.29) is 0 Å². The van der Waals surface area contributed by atoms with E-state index >= 15 is 0 Å². The zero-order valence-electron chi connectivity index (χ0n) is 12.1. The highest BCUT2D eigenvalue weighted by molar-refractivity contribution is 5.38. The van der Waals surface area contributed by atoms with Gasteiger partial charge in [0.05, 0.1) is 6.61 Å². The van der Waals surface area contributed by atoms with Crippen molar-refractivity contribution >= 4 is 0 Å². The van der Waals surface area contributed by atoms with Gasteiger partial charge in [-0.3, -0.25) is 0 Å². The number of unbranched alkanes of at least 4 members (excludes halogenated alkanes) is 2. The predicted octanol–water partition coefficient (Wildman–Crippen LogP) is 3.85. The van der Waals surface area contributed by atoms with E-state index in [1.807, 2.05) is 0 Å². The maximum absolute atomic E-state index is 10.2. The molecule has 0 aliphatic carbocycles. The number of aliphatic hydroxyl groups excluding tert-OH is 1. The number of hydrogen-bond acceptors (Lipinski definition) is 2. The summed E-state index contributed by atoms with van der Waals surface area (Å²) in [6.45, 7) is 9.50. The van der Waals surface area contributed by atoms with Gasteiger partial charge in [0, 0.05) is 6.61 Å². The molecular formula is C16H26O2. The van der Waals surface area contributed by atoms with Crippen LogP contribution in [-0.2, 0) is 4.74 Å². The van der Waals surface area contributed by atoms with Crippen LogP contribution in [0, 0.1) is 20.8 Å². The molecule has 18 heavy (non-hydrogen) atoms. The molecule has 0 aromatic heterocycles. The lowest BCUT2D eigenvalue weighted by atomic mass is 9.96. The van der Waals surface area contributed by atoms with Crippen molar-refractivity contribution in [3.63, 3.8) is 0 Å². The van der Waals surface area contributed by atoms with Gasteiger partial charge in [-0.2, -0.15) is 0 Å². The van der Waals surface area contributed by atoms with Crippen molar-refractivity contribution in [2.45, 2.75) is 53.1 Å². The lowest BCUT2D eigenvalue weighted by Crippen LogP contribution is -2.11. The van der Waals surface area contributed by atoms with Crippen molar-refractivity contribution in [2.75, 3.05) is 13.2 Å². The maximum Gasteiger partial charge on any atom is 0.103 e. The minimum Gasteiger partial charge on any atom is -0.386 e. The molecule has 1 atom stereocenters. The van der Waals surface area contributed by atoms with Crippen LogP contribution < -0.4 is 0 Å². The van der Waals surface area contributed by atoms with Gasteiger partial charge in [0.15, 0.2) is 0 Å². The molecule has 2 heteroatoms. The molecule has 2 nitrogen and oxygen atoms in total. The molecule has 0 saturated heterocycles. The molecule has 0 heterocycles. The van der Waals surface area contributed by atoms with E-state index < -0.39 is 6.10 Å². The van der Waals surface area contributed by atoms with Crippen LogP contribution in [0.4, 0.5) is 0 Å². The summed E-state index contributed by atoms with van der Waals surface area (Å²) in [5.74, 6) is 0. The highest BCUT2D eigenvalue weighted by atomic mass is 16.5. The summed E-state index contributed by atoms with van der Waals surface area (Å²) in [6, 6.07) is 4.23. The Labute approximate surface area is 111 Å². The highest BCUT2D eigenvalue weighted by Gasteiger charge is 2.13. The van der Waals surface area contributed by atoms with Crippen molar-refractivity contribution in [1.82, 2.24) is 0 Å². The summed E-state index contributed by atoms with van der Waals surface area (Å²) >= 11 is 0. The van der Waals surface area contributed by atoms with Crippen LogP contribution in [-0.4, -0.2) is 18.3 Å². The van der Waals surface area contributed by atoms with Gasteiger partial charge in [-0.25, -0.2) is 0 Å². The third-order valence-corrected chi connectivity index (χ3v) is 3.24. The van der Waals surface area contributed by atoms with Gasteiger partial charge in [-0.15, -0.1) is 0 Å². The summed E-state index contributed by atoms with van der Waals surface area (Å²) in [4.78, 5) is 0. The van der Waals surface area contributed by atoms with Gasteiger partial charge in [-0.05, 0) is 43.9 Å². The van der Waals surface area contributed by atoms with Crippen molar-refractivity contribution in [2.24, 2.45) is 0 Å². The Kier molecular flexibility index (Phi) is 6.37. The van der Waals surface area contributed by atoms with E-state index in [4.69, 9.17) is 4.74 Å². The molecule has 0 spiro atoms. The first-order valence-corrected chi connectivity index (χ1v) is 6.89. The van der Waals surface area contributed by atoms with E-state index in [9.17, 15) is 5.11 Å². The van der Waals surface area contributed by atoms with E-state index in [1.165, 1.54) is 18.4 Å². The smallest absolute Gasteiger partial charge is 0.103 e. The second kappa shape index (κ2) is 7.55. The normalized spacial score (nSPS) is 12.7. The predicted molar refractivity (Wildman–Crippen MR) is 76.0 cm³/mol. The van der Waals surface area contributed by atoms with E-state index in [2.05, 4.69) is 39.8 Å². The third kappa shape index (κ3) is 4.43. The van der Waals surface area contributed by atoms with Crippen LogP contribution in [0.2, 0.25) is 0 Å². The molecule has 102 valence electrons. The summed E-state index contributed by atoms with van der Waals surface area (Å²) < 4.78 is 5.54. The molecule has 0 aliphatic rings. The van der Waals surface area contributed by atoms with Crippen LogP contribution in [0.5, 0.6) is 0 Å². The van der Waals surface area contributed by atoms with Gasteiger partial charge in [-0.1, -0.05) is 37.5 Å². The third-order valence-electron chi connectivity index (χ3n) is 3.24. The minimum atomic E-state index is -0.507. The van der Waals surface area contributed by atoms with E-state index in [0.29, 0.717) is 6.61 Å². The van der Waals surface area contributed by atoms with Crippen molar-refractivity contribution in [3.8, 4) is 0 Å². The molecule has 1 aromatic rings. The second-order valence-electron chi connectivity index (χ2n) is 5.11. The monoisotopic (exact) mass is 250 g/mol. The first kappa shape index (κ1) is 15.2. The number of aryl methyl sites for hydroxylation is 3. The fourth-order valence-corrected chi connectivity index (χ4v) is 2.45.